The average molecular weight is 451 g/mol. The predicted octanol–water partition coefficient (Wildman–Crippen LogP) is 4.14. The van der Waals surface area contributed by atoms with Gasteiger partial charge in [-0.2, -0.15) is 5.10 Å². The van der Waals surface area contributed by atoms with Crippen LogP contribution in [0.3, 0.4) is 0 Å². The number of nitrogens with one attached hydrogen (secondary N) is 2. The Bertz CT molecular complexity index is 1140. The highest BCUT2D eigenvalue weighted by atomic mass is 16.5. The van der Waals surface area contributed by atoms with Crippen LogP contribution in [0.2, 0.25) is 0 Å². The Kier molecular flexibility index (Phi) is 6.76. The van der Waals surface area contributed by atoms with Crippen LogP contribution >= 0.6 is 0 Å². The molecule has 0 saturated heterocycles. The van der Waals surface area contributed by atoms with Crippen LogP contribution in [0.5, 0.6) is 5.75 Å². The van der Waals surface area contributed by atoms with Gasteiger partial charge < -0.3 is 20.6 Å². The molecule has 3 N–H and O–H groups in total. The lowest BCUT2D eigenvalue weighted by molar-refractivity contribution is 0.0940. The number of anilines is 1. The van der Waals surface area contributed by atoms with Crippen molar-refractivity contribution >= 4 is 28.3 Å². The van der Waals surface area contributed by atoms with Gasteiger partial charge >= 0.3 is 0 Å². The van der Waals surface area contributed by atoms with Gasteiger partial charge in [0.05, 0.1) is 41.7 Å². The first-order valence-corrected chi connectivity index (χ1v) is 11.3. The lowest BCUT2D eigenvalue weighted by Gasteiger charge is -2.26. The number of hydrogen-bond acceptors (Lipinski definition) is 7. The Morgan fingerprint density at radius 3 is 2.64 bits per heavy atom. The lowest BCUT2D eigenvalue weighted by atomic mass is 9.93. The van der Waals surface area contributed by atoms with E-state index in [-0.39, 0.29) is 18.0 Å². The SMILES string of the molecule is CCn1ncc2c(NC3CCC(=NO)CC3)c(C(=O)N[C@H](C)c3ccc(OC)cc3)cnc21. The second kappa shape index (κ2) is 9.89. The van der Waals surface area contributed by atoms with Crippen molar-refractivity contribution in [2.75, 3.05) is 12.4 Å². The summed E-state index contributed by atoms with van der Waals surface area (Å²) in [5.41, 5.74) is 3.77. The van der Waals surface area contributed by atoms with Crippen LogP contribution in [0.4, 0.5) is 5.69 Å². The number of aryl methyl sites for hydroxylation is 1. The smallest absolute Gasteiger partial charge is 0.255 e. The Morgan fingerprint density at radius 2 is 2.00 bits per heavy atom. The number of rotatable bonds is 7. The van der Waals surface area contributed by atoms with E-state index in [0.717, 1.165) is 59.4 Å². The molecular formula is C24H30N6O3. The number of oxime groups is 1. The Balaban J connectivity index is 1.61. The van der Waals surface area contributed by atoms with Gasteiger partial charge in [0.1, 0.15) is 5.75 Å². The van der Waals surface area contributed by atoms with E-state index < -0.39 is 0 Å². The number of aromatic nitrogens is 3. The molecule has 0 aliphatic heterocycles. The molecule has 0 spiro atoms. The van der Waals surface area contributed by atoms with Crippen molar-refractivity contribution in [1.29, 1.82) is 0 Å². The highest BCUT2D eigenvalue weighted by molar-refractivity contribution is 6.06. The van der Waals surface area contributed by atoms with Gasteiger partial charge in [-0.1, -0.05) is 17.3 Å². The van der Waals surface area contributed by atoms with E-state index in [1.807, 2.05) is 42.8 Å². The normalized spacial score (nSPS) is 16.9. The summed E-state index contributed by atoms with van der Waals surface area (Å²) in [7, 11) is 1.63. The molecule has 1 fully saturated rings. The molecule has 1 aliphatic rings. The third-order valence-corrected chi connectivity index (χ3v) is 6.23. The summed E-state index contributed by atoms with van der Waals surface area (Å²) in [6, 6.07) is 7.62. The number of benzene rings is 1. The van der Waals surface area contributed by atoms with Gasteiger partial charge in [-0.05, 0) is 57.2 Å². The van der Waals surface area contributed by atoms with E-state index in [4.69, 9.17) is 9.94 Å². The van der Waals surface area contributed by atoms with Gasteiger partial charge in [0.2, 0.25) is 0 Å². The third-order valence-electron chi connectivity index (χ3n) is 6.23. The highest BCUT2D eigenvalue weighted by Crippen LogP contribution is 2.30. The molecule has 174 valence electrons. The van der Waals surface area contributed by atoms with Gasteiger partial charge in [-0.3, -0.25) is 4.79 Å². The molecule has 3 aromatic rings. The highest BCUT2D eigenvalue weighted by Gasteiger charge is 2.24. The predicted molar refractivity (Wildman–Crippen MR) is 127 cm³/mol. The van der Waals surface area contributed by atoms with Crippen molar-refractivity contribution in [3.8, 4) is 5.75 Å². The molecule has 1 atom stereocenters. The topological polar surface area (TPSA) is 114 Å². The second-order valence-electron chi connectivity index (χ2n) is 8.30. The molecule has 1 aliphatic carbocycles. The summed E-state index contributed by atoms with van der Waals surface area (Å²) >= 11 is 0. The van der Waals surface area contributed by atoms with E-state index >= 15 is 0 Å². The number of ether oxygens (including phenoxy) is 1. The standard InChI is InChI=1S/C24H30N6O3/c1-4-30-23-20(14-26-30)22(28-17-7-9-18(29-32)10-8-17)21(13-25-23)24(31)27-15(2)16-5-11-19(33-3)12-6-16/h5-6,11-15,17,32H,4,7-10H2,1-3H3,(H,25,28)(H,27,31)/t15-,17?/m1/s1. The fraction of sp³-hybridized carbons (Fsp3) is 0.417. The maximum Gasteiger partial charge on any atom is 0.255 e. The Hall–Kier alpha value is -3.62. The molecule has 9 heteroatoms. The van der Waals surface area contributed by atoms with Crippen LogP contribution < -0.4 is 15.4 Å². The van der Waals surface area contributed by atoms with E-state index in [1.54, 1.807) is 19.5 Å². The minimum atomic E-state index is -0.201. The van der Waals surface area contributed by atoms with Crippen LogP contribution in [-0.4, -0.2) is 44.7 Å². The molecule has 9 nitrogen and oxygen atoms in total. The summed E-state index contributed by atoms with van der Waals surface area (Å²) in [5, 5.41) is 24.3. The fourth-order valence-corrected chi connectivity index (χ4v) is 4.24. The van der Waals surface area contributed by atoms with E-state index in [2.05, 4.69) is 25.9 Å². The van der Waals surface area contributed by atoms with Crippen LogP contribution in [-0.2, 0) is 6.54 Å². The van der Waals surface area contributed by atoms with E-state index in [9.17, 15) is 4.79 Å². The molecule has 1 amide bonds. The summed E-state index contributed by atoms with van der Waals surface area (Å²) < 4.78 is 7.04. The first-order chi connectivity index (χ1) is 16.0. The van der Waals surface area contributed by atoms with E-state index in [0.29, 0.717) is 12.1 Å². The largest absolute Gasteiger partial charge is 0.497 e. The Labute approximate surface area is 192 Å². The second-order valence-corrected chi connectivity index (χ2v) is 8.30. The molecular weight excluding hydrogens is 420 g/mol. The summed E-state index contributed by atoms with van der Waals surface area (Å²) in [6.45, 7) is 4.65. The number of carbonyl (C=O) groups is 1. The van der Waals surface area contributed by atoms with Gasteiger partial charge in [0.15, 0.2) is 5.65 Å². The van der Waals surface area contributed by atoms with Crippen molar-refractivity contribution in [2.45, 2.75) is 58.2 Å². The summed E-state index contributed by atoms with van der Waals surface area (Å²) in [5.74, 6) is 0.570. The zero-order valence-electron chi connectivity index (χ0n) is 19.2. The monoisotopic (exact) mass is 450 g/mol. The zero-order chi connectivity index (χ0) is 23.4. The number of pyridine rings is 1. The van der Waals surface area contributed by atoms with E-state index in [1.165, 1.54) is 0 Å². The third kappa shape index (κ3) is 4.76. The van der Waals surface area contributed by atoms with Crippen LogP contribution in [0.1, 0.15) is 61.5 Å². The molecule has 2 heterocycles. The average Bonchev–Trinajstić information content (AvgIpc) is 3.28. The maximum absolute atomic E-state index is 13.3. The molecule has 0 radical (unpaired) electrons. The van der Waals surface area contributed by atoms with Gasteiger partial charge in [-0.15, -0.1) is 0 Å². The van der Waals surface area contributed by atoms with Gasteiger partial charge in [0, 0.05) is 18.8 Å². The van der Waals surface area contributed by atoms with Crippen molar-refractivity contribution in [3.63, 3.8) is 0 Å². The Morgan fingerprint density at radius 1 is 1.27 bits per heavy atom. The first kappa shape index (κ1) is 22.6. The number of fused-ring (bicyclic) bond motifs is 1. The molecule has 0 bridgehead atoms. The minimum absolute atomic E-state index is 0.164. The van der Waals surface area contributed by atoms with Crippen LogP contribution in [0, 0.1) is 0 Å². The quantitative estimate of drug-likeness (QED) is 0.368. The molecule has 33 heavy (non-hydrogen) atoms. The number of methoxy groups -OCH3 is 1. The summed E-state index contributed by atoms with van der Waals surface area (Å²) in [4.78, 5) is 17.9. The molecule has 1 saturated carbocycles. The fourth-order valence-electron chi connectivity index (χ4n) is 4.24. The molecule has 0 unspecified atom stereocenters. The molecule has 2 aromatic heterocycles. The van der Waals surface area contributed by atoms with Gasteiger partial charge in [-0.25, -0.2) is 9.67 Å². The van der Waals surface area contributed by atoms with Crippen molar-refractivity contribution < 1.29 is 14.7 Å². The van der Waals surface area contributed by atoms with Crippen molar-refractivity contribution in [1.82, 2.24) is 20.1 Å². The van der Waals surface area contributed by atoms with Crippen molar-refractivity contribution in [3.05, 3.63) is 47.8 Å². The zero-order valence-corrected chi connectivity index (χ0v) is 19.2. The molecule has 1 aromatic carbocycles. The number of carbonyl (C=O) groups excluding carboxylic acids is 1. The van der Waals surface area contributed by atoms with Crippen molar-refractivity contribution in [2.24, 2.45) is 5.16 Å². The number of nitrogens with zero attached hydrogens (tertiary/aromatic N) is 4. The molecule has 4 rings (SSSR count). The minimum Gasteiger partial charge on any atom is -0.497 e. The first-order valence-electron chi connectivity index (χ1n) is 11.3. The number of hydrogen-bond donors (Lipinski definition) is 3. The van der Waals surface area contributed by atoms with Gasteiger partial charge in [0.25, 0.3) is 5.91 Å². The van der Waals surface area contributed by atoms with Crippen LogP contribution in [0.15, 0.2) is 41.8 Å². The van der Waals surface area contributed by atoms with Crippen LogP contribution in [0.25, 0.3) is 11.0 Å². The maximum atomic E-state index is 13.3. The number of amides is 1. The lowest BCUT2D eigenvalue weighted by Crippen LogP contribution is -2.30. The summed E-state index contributed by atoms with van der Waals surface area (Å²) in [6.07, 6.45) is 6.50.